The van der Waals surface area contributed by atoms with E-state index in [2.05, 4.69) is 35.1 Å². The van der Waals surface area contributed by atoms with E-state index in [0.717, 1.165) is 40.9 Å². The molecule has 0 bridgehead atoms. The zero-order chi connectivity index (χ0) is 19.7. The van der Waals surface area contributed by atoms with Gasteiger partial charge in [0.25, 0.3) is 0 Å². The number of aromatic nitrogens is 3. The third kappa shape index (κ3) is 3.88. The van der Waals surface area contributed by atoms with Gasteiger partial charge in [0.2, 0.25) is 0 Å². The van der Waals surface area contributed by atoms with Gasteiger partial charge in [0.15, 0.2) is 5.82 Å². The van der Waals surface area contributed by atoms with Crippen LogP contribution in [0.15, 0.2) is 42.7 Å². The standard InChI is InChI=1S/C21H23N5O2/c1-13(2)11-18(24-21(27)28)19-23-17-4-3-15(14-5-7-22-8-6-14)12-16(17)20(25-19)26-9-10-26/h3-8,12-13,18,24H,9-11H2,1-2H3,(H,27,28). The summed E-state index contributed by atoms with van der Waals surface area (Å²) in [6.45, 7) is 6.02. The first-order valence-corrected chi connectivity index (χ1v) is 9.48. The van der Waals surface area contributed by atoms with Gasteiger partial charge in [-0.1, -0.05) is 19.9 Å². The Morgan fingerprint density at radius 3 is 2.54 bits per heavy atom. The largest absolute Gasteiger partial charge is 0.465 e. The second kappa shape index (κ2) is 7.42. The SMILES string of the molecule is CC(C)CC(NC(=O)O)c1nc(N2CC2)c2cc(-c3ccncc3)ccc2n1. The molecule has 0 radical (unpaired) electrons. The highest BCUT2D eigenvalue weighted by atomic mass is 16.4. The minimum Gasteiger partial charge on any atom is -0.465 e. The molecule has 3 heterocycles. The van der Waals surface area contributed by atoms with Crippen LogP contribution in [0.2, 0.25) is 0 Å². The van der Waals surface area contributed by atoms with Crippen molar-refractivity contribution < 1.29 is 9.90 Å². The van der Waals surface area contributed by atoms with Crippen molar-refractivity contribution >= 4 is 22.8 Å². The summed E-state index contributed by atoms with van der Waals surface area (Å²) in [5.74, 6) is 1.72. The van der Waals surface area contributed by atoms with Crippen molar-refractivity contribution in [2.45, 2.75) is 26.3 Å². The van der Waals surface area contributed by atoms with E-state index in [9.17, 15) is 9.90 Å². The van der Waals surface area contributed by atoms with Gasteiger partial charge in [-0.3, -0.25) is 4.98 Å². The summed E-state index contributed by atoms with van der Waals surface area (Å²) in [4.78, 5) is 27.0. The Hall–Kier alpha value is -3.22. The topological polar surface area (TPSA) is 91.0 Å². The minimum absolute atomic E-state index is 0.315. The van der Waals surface area contributed by atoms with Crippen LogP contribution in [-0.2, 0) is 0 Å². The van der Waals surface area contributed by atoms with Crippen molar-refractivity contribution in [2.75, 3.05) is 18.0 Å². The van der Waals surface area contributed by atoms with Gasteiger partial charge in [-0.15, -0.1) is 0 Å². The average molecular weight is 377 g/mol. The molecule has 1 amide bonds. The fourth-order valence-corrected chi connectivity index (χ4v) is 3.36. The molecule has 1 saturated heterocycles. The lowest BCUT2D eigenvalue weighted by Gasteiger charge is -2.19. The van der Waals surface area contributed by atoms with Crippen LogP contribution < -0.4 is 10.2 Å². The normalized spacial score (nSPS) is 14.3. The molecule has 1 unspecified atom stereocenters. The highest BCUT2D eigenvalue weighted by molar-refractivity contribution is 5.93. The van der Waals surface area contributed by atoms with Gasteiger partial charge in [-0.05, 0) is 47.7 Å². The Bertz CT molecular complexity index is 1000. The van der Waals surface area contributed by atoms with Crippen molar-refractivity contribution in [3.05, 3.63) is 48.5 Å². The first kappa shape index (κ1) is 18.2. The van der Waals surface area contributed by atoms with Crippen molar-refractivity contribution in [3.63, 3.8) is 0 Å². The molecule has 4 rings (SSSR count). The molecule has 1 aliphatic rings. The van der Waals surface area contributed by atoms with Gasteiger partial charge in [-0.25, -0.2) is 14.8 Å². The van der Waals surface area contributed by atoms with E-state index < -0.39 is 12.1 Å². The summed E-state index contributed by atoms with van der Waals surface area (Å²) >= 11 is 0. The van der Waals surface area contributed by atoms with Crippen molar-refractivity contribution in [1.29, 1.82) is 0 Å². The van der Waals surface area contributed by atoms with Gasteiger partial charge in [0.1, 0.15) is 5.82 Å². The molecule has 28 heavy (non-hydrogen) atoms. The molecule has 7 nitrogen and oxygen atoms in total. The number of benzene rings is 1. The number of hydrogen-bond donors (Lipinski definition) is 2. The first-order valence-electron chi connectivity index (χ1n) is 9.48. The van der Waals surface area contributed by atoms with E-state index >= 15 is 0 Å². The predicted octanol–water partition coefficient (Wildman–Crippen LogP) is 3.87. The number of carbonyl (C=O) groups is 1. The van der Waals surface area contributed by atoms with Crippen LogP contribution >= 0.6 is 0 Å². The Balaban J connectivity index is 1.81. The molecule has 7 heteroatoms. The molecule has 0 aliphatic carbocycles. The maximum atomic E-state index is 11.3. The Morgan fingerprint density at radius 2 is 1.89 bits per heavy atom. The summed E-state index contributed by atoms with van der Waals surface area (Å²) in [5.41, 5.74) is 2.99. The molecule has 1 aliphatic heterocycles. The molecular weight excluding hydrogens is 354 g/mol. The quantitative estimate of drug-likeness (QED) is 0.634. The number of hydrogen-bond acceptors (Lipinski definition) is 5. The Morgan fingerprint density at radius 1 is 1.14 bits per heavy atom. The first-order chi connectivity index (χ1) is 13.5. The molecule has 0 spiro atoms. The van der Waals surface area contributed by atoms with Crippen molar-refractivity contribution in [1.82, 2.24) is 20.3 Å². The molecule has 2 N–H and O–H groups in total. The summed E-state index contributed by atoms with van der Waals surface area (Å²) in [6.07, 6.45) is 3.14. The van der Waals surface area contributed by atoms with Crippen LogP contribution in [0, 0.1) is 5.92 Å². The zero-order valence-corrected chi connectivity index (χ0v) is 16.0. The molecular formula is C21H23N5O2. The fourth-order valence-electron chi connectivity index (χ4n) is 3.36. The highest BCUT2D eigenvalue weighted by Gasteiger charge is 2.26. The lowest BCUT2D eigenvalue weighted by molar-refractivity contribution is 0.187. The second-order valence-electron chi connectivity index (χ2n) is 7.49. The van der Waals surface area contributed by atoms with Gasteiger partial charge in [-0.2, -0.15) is 0 Å². The monoisotopic (exact) mass is 377 g/mol. The lowest BCUT2D eigenvalue weighted by atomic mass is 10.0. The summed E-state index contributed by atoms with van der Waals surface area (Å²) in [6, 6.07) is 9.63. The van der Waals surface area contributed by atoms with Crippen molar-refractivity contribution in [2.24, 2.45) is 5.92 Å². The molecule has 1 atom stereocenters. The third-order valence-electron chi connectivity index (χ3n) is 4.77. The molecule has 2 aromatic heterocycles. The van der Waals surface area contributed by atoms with Crippen LogP contribution in [0.1, 0.15) is 32.1 Å². The maximum Gasteiger partial charge on any atom is 0.405 e. The van der Waals surface area contributed by atoms with Gasteiger partial charge >= 0.3 is 6.09 Å². The second-order valence-corrected chi connectivity index (χ2v) is 7.49. The van der Waals surface area contributed by atoms with Crippen LogP contribution in [0.5, 0.6) is 0 Å². The van der Waals surface area contributed by atoms with E-state index in [1.807, 2.05) is 24.3 Å². The van der Waals surface area contributed by atoms with Crippen LogP contribution in [0.4, 0.5) is 10.6 Å². The molecule has 1 aromatic carbocycles. The number of carboxylic acid groups (broad SMARTS) is 1. The number of fused-ring (bicyclic) bond motifs is 1. The molecule has 1 fully saturated rings. The third-order valence-corrected chi connectivity index (χ3v) is 4.77. The van der Waals surface area contributed by atoms with E-state index in [1.54, 1.807) is 12.4 Å². The van der Waals surface area contributed by atoms with E-state index in [-0.39, 0.29) is 0 Å². The van der Waals surface area contributed by atoms with E-state index in [4.69, 9.17) is 9.97 Å². The zero-order valence-electron chi connectivity index (χ0n) is 16.0. The molecule has 3 aromatic rings. The summed E-state index contributed by atoms with van der Waals surface area (Å²) in [5, 5.41) is 12.8. The van der Waals surface area contributed by atoms with Gasteiger partial charge in [0.05, 0.1) is 11.6 Å². The number of pyridine rings is 1. The van der Waals surface area contributed by atoms with Gasteiger partial charge in [0, 0.05) is 30.9 Å². The Kier molecular flexibility index (Phi) is 4.81. The number of amides is 1. The van der Waals surface area contributed by atoms with Crippen LogP contribution in [0.3, 0.4) is 0 Å². The summed E-state index contributed by atoms with van der Waals surface area (Å²) in [7, 11) is 0. The number of rotatable bonds is 6. The lowest BCUT2D eigenvalue weighted by Crippen LogP contribution is -2.29. The van der Waals surface area contributed by atoms with Crippen LogP contribution in [0.25, 0.3) is 22.0 Å². The average Bonchev–Trinajstić information content (AvgIpc) is 3.51. The Labute approximate surface area is 163 Å². The number of nitrogens with zero attached hydrogens (tertiary/aromatic N) is 4. The minimum atomic E-state index is -1.06. The highest BCUT2D eigenvalue weighted by Crippen LogP contribution is 2.33. The van der Waals surface area contributed by atoms with Crippen molar-refractivity contribution in [3.8, 4) is 11.1 Å². The van der Waals surface area contributed by atoms with E-state index in [0.29, 0.717) is 18.2 Å². The van der Waals surface area contributed by atoms with Gasteiger partial charge < -0.3 is 15.3 Å². The van der Waals surface area contributed by atoms with Crippen LogP contribution in [-0.4, -0.2) is 39.2 Å². The van der Waals surface area contributed by atoms with E-state index in [1.165, 1.54) is 0 Å². The smallest absolute Gasteiger partial charge is 0.405 e. The molecule has 144 valence electrons. The maximum absolute atomic E-state index is 11.3. The number of nitrogens with one attached hydrogen (secondary N) is 1. The summed E-state index contributed by atoms with van der Waals surface area (Å²) < 4.78 is 0. The predicted molar refractivity (Wildman–Crippen MR) is 108 cm³/mol. The molecule has 0 saturated carbocycles. The fraction of sp³-hybridized carbons (Fsp3) is 0.333. The number of anilines is 1.